The average molecular weight is 301 g/mol. The zero-order valence-electron chi connectivity index (χ0n) is 13.3. The van der Waals surface area contributed by atoms with Crippen molar-refractivity contribution in [1.82, 2.24) is 25.2 Å². The van der Waals surface area contributed by atoms with E-state index in [1.165, 1.54) is 0 Å². The molecule has 2 aromatic rings. The maximum absolute atomic E-state index is 12.0. The van der Waals surface area contributed by atoms with Crippen LogP contribution in [0.15, 0.2) is 36.8 Å². The summed E-state index contributed by atoms with van der Waals surface area (Å²) in [6, 6.07) is 5.28. The van der Waals surface area contributed by atoms with Crippen LogP contribution in [0.3, 0.4) is 0 Å². The van der Waals surface area contributed by atoms with Gasteiger partial charge in [-0.3, -0.25) is 4.98 Å². The minimum absolute atomic E-state index is 0.142. The van der Waals surface area contributed by atoms with E-state index in [0.29, 0.717) is 12.5 Å². The molecule has 6 heteroatoms. The molecule has 2 aromatic heterocycles. The van der Waals surface area contributed by atoms with Crippen LogP contribution < -0.4 is 10.6 Å². The largest absolute Gasteiger partial charge is 0.333 e. The molecule has 2 N–H and O–H groups in total. The monoisotopic (exact) mass is 301 g/mol. The zero-order chi connectivity index (χ0) is 15.9. The zero-order valence-corrected chi connectivity index (χ0v) is 13.3. The Morgan fingerprint density at radius 2 is 2.05 bits per heavy atom. The van der Waals surface area contributed by atoms with Crippen LogP contribution in [0, 0.1) is 5.92 Å². The Morgan fingerprint density at radius 1 is 1.23 bits per heavy atom. The van der Waals surface area contributed by atoms with Gasteiger partial charge in [0.2, 0.25) is 0 Å². The highest BCUT2D eigenvalue weighted by molar-refractivity contribution is 5.74. The highest BCUT2D eigenvalue weighted by atomic mass is 16.2. The van der Waals surface area contributed by atoms with Gasteiger partial charge in [0.25, 0.3) is 0 Å². The van der Waals surface area contributed by atoms with Gasteiger partial charge >= 0.3 is 6.03 Å². The maximum atomic E-state index is 12.0. The molecule has 2 rings (SSSR count). The normalized spacial score (nSPS) is 12.2. The average Bonchev–Trinajstić information content (AvgIpc) is 2.92. The number of pyridine rings is 1. The number of aromatic nitrogens is 3. The summed E-state index contributed by atoms with van der Waals surface area (Å²) in [5.74, 6) is 1.39. The van der Waals surface area contributed by atoms with Gasteiger partial charge in [0.1, 0.15) is 5.82 Å². The Morgan fingerprint density at radius 3 is 2.73 bits per heavy atom. The van der Waals surface area contributed by atoms with Gasteiger partial charge in [0.15, 0.2) is 0 Å². The minimum atomic E-state index is -0.225. The van der Waals surface area contributed by atoms with E-state index in [0.717, 1.165) is 18.1 Å². The lowest BCUT2D eigenvalue weighted by molar-refractivity contribution is 0.237. The van der Waals surface area contributed by atoms with Crippen molar-refractivity contribution in [2.24, 2.45) is 5.92 Å². The number of rotatable bonds is 6. The van der Waals surface area contributed by atoms with Gasteiger partial charge in [-0.1, -0.05) is 19.9 Å². The first-order chi connectivity index (χ1) is 10.6. The van der Waals surface area contributed by atoms with Crippen molar-refractivity contribution >= 4 is 6.03 Å². The fourth-order valence-corrected chi connectivity index (χ4v) is 2.18. The van der Waals surface area contributed by atoms with Gasteiger partial charge in [-0.05, 0) is 25.0 Å². The molecule has 2 amide bonds. The molecule has 1 atom stereocenters. The summed E-state index contributed by atoms with van der Waals surface area (Å²) in [5.41, 5.74) is 0.832. The van der Waals surface area contributed by atoms with Gasteiger partial charge in [0.05, 0.1) is 18.3 Å². The Hall–Kier alpha value is -2.37. The van der Waals surface area contributed by atoms with Gasteiger partial charge in [-0.2, -0.15) is 0 Å². The van der Waals surface area contributed by atoms with Crippen LogP contribution in [0.25, 0.3) is 0 Å². The fraction of sp³-hybridized carbons (Fsp3) is 0.438. The van der Waals surface area contributed by atoms with E-state index in [4.69, 9.17) is 0 Å². The number of amides is 2. The van der Waals surface area contributed by atoms with Crippen LogP contribution in [0.2, 0.25) is 0 Å². The van der Waals surface area contributed by atoms with Gasteiger partial charge in [0, 0.05) is 25.1 Å². The van der Waals surface area contributed by atoms with Crippen molar-refractivity contribution in [2.45, 2.75) is 39.9 Å². The first-order valence-corrected chi connectivity index (χ1v) is 7.51. The molecule has 1 unspecified atom stereocenters. The molecule has 0 saturated carbocycles. The predicted molar refractivity (Wildman–Crippen MR) is 85.1 cm³/mol. The number of nitrogens with one attached hydrogen (secondary N) is 2. The molecule has 0 bridgehead atoms. The van der Waals surface area contributed by atoms with E-state index < -0.39 is 0 Å². The molecule has 0 aliphatic carbocycles. The predicted octanol–water partition coefficient (Wildman–Crippen LogP) is 2.49. The molecule has 2 heterocycles. The lowest BCUT2D eigenvalue weighted by atomic mass is 10.2. The summed E-state index contributed by atoms with van der Waals surface area (Å²) in [6.45, 7) is 7.50. The summed E-state index contributed by atoms with van der Waals surface area (Å²) >= 11 is 0. The molecular weight excluding hydrogens is 278 g/mol. The number of hydrogen-bond donors (Lipinski definition) is 2. The van der Waals surface area contributed by atoms with Crippen LogP contribution in [0.1, 0.15) is 38.3 Å². The third-order valence-electron chi connectivity index (χ3n) is 3.25. The van der Waals surface area contributed by atoms with Crippen molar-refractivity contribution in [3.63, 3.8) is 0 Å². The van der Waals surface area contributed by atoms with Gasteiger partial charge in [-0.25, -0.2) is 9.78 Å². The Kier molecular flexibility index (Phi) is 5.52. The Bertz CT molecular complexity index is 594. The van der Waals surface area contributed by atoms with Crippen LogP contribution >= 0.6 is 0 Å². The molecule has 0 fully saturated rings. The van der Waals surface area contributed by atoms with E-state index >= 15 is 0 Å². The molecule has 22 heavy (non-hydrogen) atoms. The highest BCUT2D eigenvalue weighted by Crippen LogP contribution is 2.07. The van der Waals surface area contributed by atoms with E-state index in [2.05, 4.69) is 39.0 Å². The molecule has 0 aliphatic rings. The van der Waals surface area contributed by atoms with Gasteiger partial charge < -0.3 is 15.2 Å². The number of carbonyl (C=O) groups excluding carboxylic acids is 1. The second-order valence-corrected chi connectivity index (χ2v) is 5.69. The standard InChI is InChI=1S/C16H23N5O/c1-12(2)11-21-9-8-18-15(21)10-19-16(22)20-13(3)14-6-4-5-7-17-14/h4-9,12-13H,10-11H2,1-3H3,(H2,19,20,22). The Balaban J connectivity index is 1.84. The number of imidazole rings is 1. The third kappa shape index (κ3) is 4.58. The Labute approximate surface area is 131 Å². The van der Waals surface area contributed by atoms with Gasteiger partial charge in [-0.15, -0.1) is 0 Å². The van der Waals surface area contributed by atoms with E-state index in [1.54, 1.807) is 12.4 Å². The third-order valence-corrected chi connectivity index (χ3v) is 3.25. The summed E-state index contributed by atoms with van der Waals surface area (Å²) in [4.78, 5) is 20.5. The number of nitrogens with zero attached hydrogens (tertiary/aromatic N) is 3. The second-order valence-electron chi connectivity index (χ2n) is 5.69. The number of urea groups is 1. The van der Waals surface area contributed by atoms with Crippen LogP contribution in [-0.2, 0) is 13.1 Å². The number of hydrogen-bond acceptors (Lipinski definition) is 3. The van der Waals surface area contributed by atoms with Crippen molar-refractivity contribution in [3.8, 4) is 0 Å². The molecule has 0 spiro atoms. The number of carbonyl (C=O) groups is 1. The summed E-state index contributed by atoms with van der Waals surface area (Å²) in [5, 5.41) is 5.71. The maximum Gasteiger partial charge on any atom is 0.315 e. The first kappa shape index (κ1) is 16.0. The second kappa shape index (κ2) is 7.59. The molecule has 0 aliphatic heterocycles. The van der Waals surface area contributed by atoms with Crippen LogP contribution in [0.5, 0.6) is 0 Å². The van der Waals surface area contributed by atoms with Crippen LogP contribution in [-0.4, -0.2) is 20.6 Å². The lowest BCUT2D eigenvalue weighted by Gasteiger charge is -2.15. The minimum Gasteiger partial charge on any atom is -0.333 e. The SMILES string of the molecule is CC(C)Cn1ccnc1CNC(=O)NC(C)c1ccccn1. The smallest absolute Gasteiger partial charge is 0.315 e. The van der Waals surface area contributed by atoms with Crippen LogP contribution in [0.4, 0.5) is 4.79 Å². The summed E-state index contributed by atoms with van der Waals surface area (Å²) in [6.07, 6.45) is 5.41. The van der Waals surface area contributed by atoms with Crippen molar-refractivity contribution in [2.75, 3.05) is 0 Å². The summed E-state index contributed by atoms with van der Waals surface area (Å²) < 4.78 is 2.06. The van der Waals surface area contributed by atoms with Crippen molar-refractivity contribution in [1.29, 1.82) is 0 Å². The topological polar surface area (TPSA) is 71.8 Å². The molecule has 0 aromatic carbocycles. The highest BCUT2D eigenvalue weighted by Gasteiger charge is 2.11. The summed E-state index contributed by atoms with van der Waals surface area (Å²) in [7, 11) is 0. The van der Waals surface area contributed by atoms with Crippen molar-refractivity contribution < 1.29 is 4.79 Å². The van der Waals surface area contributed by atoms with E-state index in [9.17, 15) is 4.79 Å². The fourth-order valence-electron chi connectivity index (χ4n) is 2.18. The molecule has 0 saturated heterocycles. The van der Waals surface area contributed by atoms with E-state index in [-0.39, 0.29) is 12.1 Å². The first-order valence-electron chi connectivity index (χ1n) is 7.51. The molecular formula is C16H23N5O. The lowest BCUT2D eigenvalue weighted by Crippen LogP contribution is -2.37. The quantitative estimate of drug-likeness (QED) is 0.861. The molecule has 0 radical (unpaired) electrons. The molecule has 118 valence electrons. The van der Waals surface area contributed by atoms with E-state index in [1.807, 2.05) is 31.3 Å². The molecule has 6 nitrogen and oxygen atoms in total. The van der Waals surface area contributed by atoms with Crippen molar-refractivity contribution in [3.05, 3.63) is 48.3 Å².